The third kappa shape index (κ3) is 23.1. The summed E-state index contributed by atoms with van der Waals surface area (Å²) < 4.78 is 40.0. The highest BCUT2D eigenvalue weighted by molar-refractivity contribution is 5.87. The van der Waals surface area contributed by atoms with Gasteiger partial charge >= 0.3 is 0 Å². The molecule has 2 aliphatic heterocycles. The maximum absolute atomic E-state index is 13.9. The van der Waals surface area contributed by atoms with E-state index >= 15 is 0 Å². The van der Waals surface area contributed by atoms with Crippen molar-refractivity contribution in [3.8, 4) is 0 Å². The fourth-order valence-electron chi connectivity index (χ4n) is 15.7. The molecule has 1 saturated heterocycles. The third-order valence-corrected chi connectivity index (χ3v) is 21.3. The van der Waals surface area contributed by atoms with Crippen molar-refractivity contribution in [2.24, 2.45) is 52.3 Å². The normalized spacial score (nSPS) is 24.7. The van der Waals surface area contributed by atoms with Crippen molar-refractivity contribution in [1.82, 2.24) is 26.3 Å². The minimum absolute atomic E-state index is 0.0660. The van der Waals surface area contributed by atoms with Crippen molar-refractivity contribution < 1.29 is 37.4 Å². The Balaban J connectivity index is 0.893. The van der Waals surface area contributed by atoms with Crippen LogP contribution in [0.1, 0.15) is 273 Å². The lowest BCUT2D eigenvalue weighted by molar-refractivity contribution is -0.138. The lowest BCUT2D eigenvalue weighted by atomic mass is 9.75. The standard InChI is InChI=1S/C76H123F2N5O7/c1-15-34-89-67(22-18-20-58(16-2)60(36-49(3)4)41-57(46-84)31-33-75(11,12)69-51(6)38-59(53(8)82-69)39-54-23-27-62(77)28-24-54)72(87)80-47-74(9,10)48-81-73(88)68-42-56(32-35-90-68)37-50(5)45-79-52(7)19-17-21-66(85)65-44-76(13,14)70-64(65)43-61(71(86)83-70)40-55-25-29-63(78)30-26-55/h38,43,49-50,52,54-56,58,60,62-63,65,67-68,79,82H,8,15-37,39-42,44-45,47-48H2,1-7,9-14H3,(H,80,87)(H,81,88)(H,83,86)/t50?,52-,54?,55?,56?,58-,60?,62?,63?,65?,67+,68+/m1/s1. The van der Waals surface area contributed by atoms with Crippen molar-refractivity contribution >= 4 is 23.5 Å². The van der Waals surface area contributed by atoms with E-state index in [1.807, 2.05) is 6.07 Å². The molecule has 5 aliphatic rings. The van der Waals surface area contributed by atoms with E-state index in [9.17, 15) is 32.8 Å². The summed E-state index contributed by atoms with van der Waals surface area (Å²) in [6.07, 6.45) is 20.0. The van der Waals surface area contributed by atoms with Gasteiger partial charge in [0.2, 0.25) is 11.8 Å². The minimum Gasteiger partial charge on any atom is -0.368 e. The monoisotopic (exact) mass is 1260 g/mol. The lowest BCUT2D eigenvalue weighted by Gasteiger charge is -2.36. The molecule has 12 nitrogen and oxygen atoms in total. The number of nitrogens with one attached hydrogen (secondary N) is 5. The van der Waals surface area contributed by atoms with Crippen LogP contribution in [0.3, 0.4) is 0 Å². The Morgan fingerprint density at radius 2 is 1.53 bits per heavy atom. The Hall–Kier alpha value is -4.23. The van der Waals surface area contributed by atoms with Crippen molar-refractivity contribution in [3.63, 3.8) is 0 Å². The molecule has 2 saturated carbocycles. The van der Waals surface area contributed by atoms with E-state index in [0.717, 1.165) is 143 Å². The molecule has 6 rings (SSSR count). The first-order valence-electron chi connectivity index (χ1n) is 35.8. The summed E-state index contributed by atoms with van der Waals surface area (Å²) in [7, 11) is 0. The highest BCUT2D eigenvalue weighted by Crippen LogP contribution is 2.46. The van der Waals surface area contributed by atoms with Crippen molar-refractivity contribution in [1.29, 1.82) is 0 Å². The van der Waals surface area contributed by atoms with E-state index < -0.39 is 30.0 Å². The molecular formula is C76H123F2N5O7. The highest BCUT2D eigenvalue weighted by Gasteiger charge is 2.42. The molecule has 508 valence electrons. The second-order valence-corrected chi connectivity index (χ2v) is 31.6. The summed E-state index contributed by atoms with van der Waals surface area (Å²) in [5.74, 6) is 4.91. The quantitative estimate of drug-likeness (QED) is 0.0407. The zero-order chi connectivity index (χ0) is 65.9. The second kappa shape index (κ2) is 35.3. The largest absolute Gasteiger partial charge is 0.368 e. The number of allylic oxidation sites excluding steroid dienone is 5. The summed E-state index contributed by atoms with van der Waals surface area (Å²) in [6.45, 7) is 35.3. The van der Waals surface area contributed by atoms with Gasteiger partial charge in [-0.15, -0.1) is 0 Å². The number of H-pyrrole nitrogens is 1. The number of carbonyl (C=O) groups excluding carboxylic acids is 4. The van der Waals surface area contributed by atoms with E-state index in [0.29, 0.717) is 132 Å². The Kier molecular flexibility index (Phi) is 29.4. The van der Waals surface area contributed by atoms with Gasteiger partial charge < -0.3 is 35.7 Å². The predicted octanol–water partition coefficient (Wildman–Crippen LogP) is 15.9. The highest BCUT2D eigenvalue weighted by atomic mass is 19.1. The van der Waals surface area contributed by atoms with Crippen LogP contribution >= 0.6 is 0 Å². The number of carbonyl (C=O) groups is 3. The molecule has 1 aromatic heterocycles. The average Bonchev–Trinajstić information content (AvgIpc) is 1.59. The molecule has 4 unspecified atom stereocenters. The van der Waals surface area contributed by atoms with Gasteiger partial charge in [0.05, 0.1) is 0 Å². The molecule has 14 heteroatoms. The maximum atomic E-state index is 13.9. The van der Waals surface area contributed by atoms with Crippen LogP contribution in [0.5, 0.6) is 0 Å². The molecule has 0 spiro atoms. The van der Waals surface area contributed by atoms with Gasteiger partial charge in [0.1, 0.15) is 36.3 Å². The number of amides is 2. The van der Waals surface area contributed by atoms with E-state index in [4.69, 9.17) is 9.47 Å². The maximum Gasteiger partial charge on any atom is 0.251 e. The Labute approximate surface area is 542 Å². The number of aromatic amines is 1. The fraction of sp³-hybridized carbons (Fsp3) is 0.789. The van der Waals surface area contributed by atoms with Crippen molar-refractivity contribution in [3.05, 3.63) is 74.0 Å². The van der Waals surface area contributed by atoms with Gasteiger partial charge in [0.15, 0.2) is 0 Å². The molecule has 3 aliphatic carbocycles. The number of ether oxygens (including phenoxy) is 2. The summed E-state index contributed by atoms with van der Waals surface area (Å²) in [4.78, 5) is 70.5. The van der Waals surface area contributed by atoms with Gasteiger partial charge in [-0.05, 0) is 231 Å². The average molecular weight is 1260 g/mol. The number of hydrogen-bond donors (Lipinski definition) is 5. The predicted molar refractivity (Wildman–Crippen MR) is 362 cm³/mol. The number of rotatable bonds is 37. The van der Waals surface area contributed by atoms with Gasteiger partial charge in [-0.25, -0.2) is 13.6 Å². The summed E-state index contributed by atoms with van der Waals surface area (Å²) in [5.41, 5.74) is 6.95. The third-order valence-electron chi connectivity index (χ3n) is 21.3. The summed E-state index contributed by atoms with van der Waals surface area (Å²) >= 11 is 0. The second-order valence-electron chi connectivity index (χ2n) is 31.6. The van der Waals surface area contributed by atoms with E-state index in [1.165, 1.54) is 11.1 Å². The SMILES string of the molecule is C=C1NC(C(C)(C)CCC(=C=O)CC(CC(C)C)[C@H](CC)CCC[C@H](OCCC)C(=O)NCC(C)(C)CNC(=O)[C@@H]2CC(CC(C)CN[C@H](C)CCCC(=O)C3CC(C)(C)c4[nH]c(=O)c(CC5CCC(F)CC5)cc43)CCO2)=C(C)C=C1CC1CCC(F)CC1. The van der Waals surface area contributed by atoms with E-state index in [1.54, 1.807) is 0 Å². The van der Waals surface area contributed by atoms with Gasteiger partial charge in [-0.2, -0.15) is 0 Å². The Morgan fingerprint density at radius 3 is 2.18 bits per heavy atom. The first kappa shape index (κ1) is 74.8. The number of hydrogen-bond acceptors (Lipinski definition) is 9. The van der Waals surface area contributed by atoms with Crippen LogP contribution in [-0.2, 0) is 40.5 Å². The van der Waals surface area contributed by atoms with Crippen LogP contribution in [0.25, 0.3) is 0 Å². The summed E-state index contributed by atoms with van der Waals surface area (Å²) in [5, 5.41) is 13.7. The number of ketones is 1. The van der Waals surface area contributed by atoms with Gasteiger partial charge in [-0.3, -0.25) is 19.2 Å². The first-order valence-corrected chi connectivity index (χ1v) is 35.8. The molecule has 2 amide bonds. The molecule has 1 aromatic rings. The van der Waals surface area contributed by atoms with Gasteiger partial charge in [-0.1, -0.05) is 108 Å². The molecular weight excluding hydrogens is 1130 g/mol. The Morgan fingerprint density at radius 1 is 0.867 bits per heavy atom. The van der Waals surface area contributed by atoms with Crippen LogP contribution in [-0.4, -0.2) is 92.0 Å². The smallest absolute Gasteiger partial charge is 0.251 e. The molecule has 90 heavy (non-hydrogen) atoms. The number of Topliss-reactive ketones (excluding diaryl/α,β-unsaturated/α-hetero) is 1. The zero-order valence-electron chi connectivity index (χ0n) is 58.4. The van der Waals surface area contributed by atoms with Crippen LogP contribution in [0, 0.1) is 52.3 Å². The Bertz CT molecular complexity index is 2670. The number of halogens is 2. The number of pyridine rings is 1. The van der Waals surface area contributed by atoms with Gasteiger partial charge in [0.25, 0.3) is 5.56 Å². The van der Waals surface area contributed by atoms with Gasteiger partial charge in [0, 0.05) is 83.7 Å². The van der Waals surface area contributed by atoms with Crippen molar-refractivity contribution in [2.45, 2.75) is 299 Å². The van der Waals surface area contributed by atoms with Crippen LogP contribution in [0.4, 0.5) is 8.78 Å². The molecule has 3 heterocycles. The number of dihydropyridines is 1. The molecule has 0 radical (unpaired) electrons. The van der Waals surface area contributed by atoms with Crippen LogP contribution in [0.2, 0.25) is 0 Å². The number of fused-ring (bicyclic) bond motifs is 1. The fourth-order valence-corrected chi connectivity index (χ4v) is 15.7. The van der Waals surface area contributed by atoms with Crippen LogP contribution in [0.15, 0.2) is 51.6 Å². The molecule has 8 atom stereocenters. The number of alkyl halides is 2. The topological polar surface area (TPSA) is 168 Å². The zero-order valence-corrected chi connectivity index (χ0v) is 58.4. The first-order chi connectivity index (χ1) is 42.6. The lowest BCUT2D eigenvalue weighted by Crippen LogP contribution is -2.48. The van der Waals surface area contributed by atoms with Crippen molar-refractivity contribution in [2.75, 3.05) is 32.8 Å². The minimum atomic E-state index is -0.732. The number of aromatic nitrogens is 1. The van der Waals surface area contributed by atoms with E-state index in [-0.39, 0.29) is 45.9 Å². The molecule has 0 bridgehead atoms. The molecule has 0 aromatic carbocycles. The van der Waals surface area contributed by atoms with E-state index in [2.05, 4.69) is 135 Å². The van der Waals surface area contributed by atoms with Crippen LogP contribution < -0.4 is 26.8 Å². The molecule has 3 fully saturated rings. The molecule has 5 N–H and O–H groups in total. The summed E-state index contributed by atoms with van der Waals surface area (Å²) in [6, 6.07) is 2.25.